The molecule has 136 valence electrons. The van der Waals surface area contributed by atoms with E-state index in [1.54, 1.807) is 17.7 Å². The fourth-order valence-electron chi connectivity index (χ4n) is 4.12. The molecule has 26 heavy (non-hydrogen) atoms. The number of aromatic nitrogens is 4. The van der Waals surface area contributed by atoms with Crippen molar-refractivity contribution in [3.05, 3.63) is 44.6 Å². The lowest BCUT2D eigenvalue weighted by molar-refractivity contribution is 0.336. The van der Waals surface area contributed by atoms with E-state index in [4.69, 9.17) is 0 Å². The van der Waals surface area contributed by atoms with Crippen molar-refractivity contribution in [3.8, 4) is 0 Å². The molecule has 0 saturated heterocycles. The topological polar surface area (TPSA) is 64.7 Å². The molecule has 7 heteroatoms. The number of hydrogen-bond acceptors (Lipinski definition) is 5. The Balaban J connectivity index is 1.49. The first-order valence-corrected chi connectivity index (χ1v) is 10.1. The van der Waals surface area contributed by atoms with Gasteiger partial charge in [0.2, 0.25) is 0 Å². The van der Waals surface area contributed by atoms with Crippen LogP contribution in [0, 0.1) is 19.3 Å². The summed E-state index contributed by atoms with van der Waals surface area (Å²) in [6.07, 6.45) is 4.96. The van der Waals surface area contributed by atoms with E-state index in [0.29, 0.717) is 0 Å². The summed E-state index contributed by atoms with van der Waals surface area (Å²) in [4.78, 5) is 20.0. The third-order valence-electron chi connectivity index (χ3n) is 5.75. The summed E-state index contributed by atoms with van der Waals surface area (Å²) in [6, 6.07) is 2.11. The zero-order valence-corrected chi connectivity index (χ0v) is 16.0. The third-order valence-corrected chi connectivity index (χ3v) is 6.89. The smallest absolute Gasteiger partial charge is 0.262 e. The van der Waals surface area contributed by atoms with Gasteiger partial charge in [0.1, 0.15) is 4.83 Å². The quantitative estimate of drug-likeness (QED) is 0.767. The summed E-state index contributed by atoms with van der Waals surface area (Å²) in [7, 11) is 0. The Bertz CT molecular complexity index is 1060. The first kappa shape index (κ1) is 16.2. The molecule has 1 N–H and O–H groups in total. The Kier molecular flexibility index (Phi) is 3.59. The van der Waals surface area contributed by atoms with Gasteiger partial charge in [-0.25, -0.2) is 4.98 Å². The number of aryl methyl sites for hydroxylation is 2. The predicted molar refractivity (Wildman–Crippen MR) is 103 cm³/mol. The summed E-state index contributed by atoms with van der Waals surface area (Å²) < 4.78 is 3.94. The first-order chi connectivity index (χ1) is 12.5. The van der Waals surface area contributed by atoms with Gasteiger partial charge in [-0.3, -0.25) is 14.0 Å². The van der Waals surface area contributed by atoms with Crippen LogP contribution in [0.5, 0.6) is 0 Å². The molecule has 0 bridgehead atoms. The number of thiophene rings is 1. The Morgan fingerprint density at radius 2 is 2.15 bits per heavy atom. The van der Waals surface area contributed by atoms with Crippen LogP contribution in [-0.2, 0) is 26.1 Å². The highest BCUT2D eigenvalue weighted by Gasteiger charge is 2.44. The van der Waals surface area contributed by atoms with Crippen molar-refractivity contribution in [3.63, 3.8) is 0 Å². The average molecular weight is 369 g/mol. The normalized spacial score (nSPS) is 18.2. The van der Waals surface area contributed by atoms with Gasteiger partial charge in [-0.1, -0.05) is 0 Å². The molecule has 4 heterocycles. The van der Waals surface area contributed by atoms with Crippen LogP contribution in [0.2, 0.25) is 0 Å². The third kappa shape index (κ3) is 2.61. The molecule has 0 amide bonds. The summed E-state index contributed by atoms with van der Waals surface area (Å²) >= 11 is 1.66. The van der Waals surface area contributed by atoms with Gasteiger partial charge in [0, 0.05) is 35.6 Å². The molecule has 1 aliphatic carbocycles. The molecule has 6 nitrogen and oxygen atoms in total. The van der Waals surface area contributed by atoms with Gasteiger partial charge in [0.15, 0.2) is 0 Å². The maximum atomic E-state index is 13.2. The number of fused-ring (bicyclic) bond motifs is 3. The number of nitrogens with one attached hydrogen (secondary N) is 1. The molecule has 3 aromatic rings. The molecule has 1 saturated carbocycles. The zero-order chi connectivity index (χ0) is 17.9. The molecule has 0 atom stereocenters. The number of rotatable bonds is 4. The second kappa shape index (κ2) is 5.76. The van der Waals surface area contributed by atoms with Crippen molar-refractivity contribution in [1.82, 2.24) is 24.6 Å². The standard InChI is InChI=1S/C19H23N5OS/c1-12-7-13(2)24(22-12)10-19(4-5-19)9-23-11-21-17-16(18(23)25)14-3-6-20-8-15(14)26-17/h7,11,20H,3-6,8-10H2,1-2H3. The monoisotopic (exact) mass is 369 g/mol. The van der Waals surface area contributed by atoms with E-state index in [9.17, 15) is 4.79 Å². The maximum absolute atomic E-state index is 13.2. The molecule has 0 radical (unpaired) electrons. The molecule has 5 rings (SSSR count). The van der Waals surface area contributed by atoms with Crippen LogP contribution < -0.4 is 10.9 Å². The van der Waals surface area contributed by atoms with Gasteiger partial charge in [0.05, 0.1) is 17.4 Å². The molecule has 1 aliphatic heterocycles. The largest absolute Gasteiger partial charge is 0.312 e. The lowest BCUT2D eigenvalue weighted by Gasteiger charge is -2.18. The highest BCUT2D eigenvalue weighted by molar-refractivity contribution is 7.18. The average Bonchev–Trinajstić information content (AvgIpc) is 3.14. The predicted octanol–water partition coefficient (Wildman–Crippen LogP) is 2.40. The lowest BCUT2D eigenvalue weighted by atomic mass is 10.1. The summed E-state index contributed by atoms with van der Waals surface area (Å²) in [5.74, 6) is 0. The van der Waals surface area contributed by atoms with Crippen LogP contribution in [0.15, 0.2) is 17.2 Å². The molecule has 0 spiro atoms. The molecule has 1 fully saturated rings. The van der Waals surface area contributed by atoms with Gasteiger partial charge in [0.25, 0.3) is 5.56 Å². The molecule has 3 aromatic heterocycles. The zero-order valence-electron chi connectivity index (χ0n) is 15.2. The second-order valence-corrected chi connectivity index (χ2v) is 8.96. The van der Waals surface area contributed by atoms with Crippen molar-refractivity contribution >= 4 is 21.6 Å². The van der Waals surface area contributed by atoms with Crippen LogP contribution in [0.4, 0.5) is 0 Å². The molecule has 0 aromatic carbocycles. The molecular formula is C19H23N5OS. The maximum Gasteiger partial charge on any atom is 0.262 e. The van der Waals surface area contributed by atoms with E-state index in [1.165, 1.54) is 16.1 Å². The van der Waals surface area contributed by atoms with E-state index >= 15 is 0 Å². The summed E-state index contributed by atoms with van der Waals surface area (Å²) in [5, 5.41) is 8.85. The van der Waals surface area contributed by atoms with Crippen LogP contribution in [0.3, 0.4) is 0 Å². The van der Waals surface area contributed by atoms with E-state index in [-0.39, 0.29) is 11.0 Å². The van der Waals surface area contributed by atoms with Crippen LogP contribution in [-0.4, -0.2) is 25.9 Å². The van der Waals surface area contributed by atoms with Gasteiger partial charge in [-0.15, -0.1) is 11.3 Å². The lowest BCUT2D eigenvalue weighted by Crippen LogP contribution is -2.29. The molecule has 2 aliphatic rings. The van der Waals surface area contributed by atoms with Gasteiger partial charge in [-0.05, 0) is 51.3 Å². The van der Waals surface area contributed by atoms with Crippen molar-refractivity contribution in [2.75, 3.05) is 6.54 Å². The molecular weight excluding hydrogens is 346 g/mol. The Morgan fingerprint density at radius 3 is 2.88 bits per heavy atom. The van der Waals surface area contributed by atoms with Crippen LogP contribution in [0.25, 0.3) is 10.2 Å². The molecule has 0 unspecified atom stereocenters. The SMILES string of the molecule is Cc1cc(C)n(CC2(Cn3cnc4sc5c(c4c3=O)CCNC5)CC2)n1. The Hall–Kier alpha value is -1.99. The minimum Gasteiger partial charge on any atom is -0.312 e. The Labute approximate surface area is 155 Å². The second-order valence-electron chi connectivity index (χ2n) is 7.87. The Morgan fingerprint density at radius 1 is 1.31 bits per heavy atom. The first-order valence-electron chi connectivity index (χ1n) is 9.26. The van der Waals surface area contributed by atoms with Gasteiger partial charge in [-0.2, -0.15) is 5.10 Å². The van der Waals surface area contributed by atoms with Crippen LogP contribution in [0.1, 0.15) is 34.7 Å². The van der Waals surface area contributed by atoms with Crippen LogP contribution >= 0.6 is 11.3 Å². The van der Waals surface area contributed by atoms with Crippen molar-refractivity contribution in [2.24, 2.45) is 5.41 Å². The van der Waals surface area contributed by atoms with E-state index < -0.39 is 0 Å². The highest BCUT2D eigenvalue weighted by atomic mass is 32.1. The fraction of sp³-hybridized carbons (Fsp3) is 0.526. The van der Waals surface area contributed by atoms with Gasteiger partial charge >= 0.3 is 0 Å². The minimum absolute atomic E-state index is 0.133. The van der Waals surface area contributed by atoms with Gasteiger partial charge < -0.3 is 5.32 Å². The fourth-order valence-corrected chi connectivity index (χ4v) is 5.27. The van der Waals surface area contributed by atoms with E-state index in [2.05, 4.69) is 33.1 Å². The van der Waals surface area contributed by atoms with E-state index in [1.807, 2.05) is 11.5 Å². The number of nitrogens with zero attached hydrogens (tertiary/aromatic N) is 4. The summed E-state index contributed by atoms with van der Waals surface area (Å²) in [5.41, 5.74) is 3.74. The van der Waals surface area contributed by atoms with E-state index in [0.717, 1.165) is 61.4 Å². The number of hydrogen-bond donors (Lipinski definition) is 1. The van der Waals surface area contributed by atoms with Crippen molar-refractivity contribution in [2.45, 2.75) is 52.7 Å². The summed E-state index contributed by atoms with van der Waals surface area (Å²) in [6.45, 7) is 7.53. The highest BCUT2D eigenvalue weighted by Crippen LogP contribution is 2.48. The van der Waals surface area contributed by atoms with Crippen molar-refractivity contribution in [1.29, 1.82) is 0 Å². The minimum atomic E-state index is 0.133. The van der Waals surface area contributed by atoms with Crippen molar-refractivity contribution < 1.29 is 0 Å².